The summed E-state index contributed by atoms with van der Waals surface area (Å²) in [5.41, 5.74) is 1.39. The van der Waals surface area contributed by atoms with Gasteiger partial charge in [-0.05, 0) is 12.1 Å². The number of aromatic nitrogens is 1. The number of rotatable bonds is 5. The summed E-state index contributed by atoms with van der Waals surface area (Å²) in [5.74, 6) is -0.544. The molecule has 3 aliphatic rings. The predicted octanol–water partition coefficient (Wildman–Crippen LogP) is 2.98. The van der Waals surface area contributed by atoms with E-state index in [1.54, 1.807) is 11.1 Å². The lowest BCUT2D eigenvalue weighted by Gasteiger charge is -2.43. The fourth-order valence-corrected chi connectivity index (χ4v) is 5.47. The lowest BCUT2D eigenvalue weighted by molar-refractivity contribution is -0.136. The van der Waals surface area contributed by atoms with Crippen LogP contribution in [0, 0.1) is 5.82 Å². The molecule has 35 heavy (non-hydrogen) atoms. The van der Waals surface area contributed by atoms with Crippen LogP contribution in [0.4, 0.5) is 9.18 Å². The van der Waals surface area contributed by atoms with E-state index < -0.39 is 17.8 Å². The zero-order valence-electron chi connectivity index (χ0n) is 18.9. The van der Waals surface area contributed by atoms with Crippen LogP contribution >= 0.6 is 22.9 Å². The minimum atomic E-state index is -0.809. The summed E-state index contributed by atoms with van der Waals surface area (Å²) in [6.45, 7) is 2.57. The topological polar surface area (TPSA) is 96.4 Å². The second-order valence-corrected chi connectivity index (χ2v) is 9.68. The highest BCUT2D eigenvalue weighted by molar-refractivity contribution is 7.11. The first-order chi connectivity index (χ1) is 16.9. The number of amidine groups is 1. The van der Waals surface area contributed by atoms with Gasteiger partial charge >= 0.3 is 12.1 Å². The lowest BCUT2D eigenvalue weighted by Crippen LogP contribution is -2.58. The van der Waals surface area contributed by atoms with Gasteiger partial charge < -0.3 is 19.7 Å². The minimum Gasteiger partial charge on any atom is -0.466 e. The fourth-order valence-electron chi connectivity index (χ4n) is 4.61. The average molecular weight is 520 g/mol. The van der Waals surface area contributed by atoms with Gasteiger partial charge in [-0.3, -0.25) is 9.89 Å². The molecule has 5 rings (SSSR count). The Morgan fingerprint density at radius 1 is 1.40 bits per heavy atom. The van der Waals surface area contributed by atoms with Gasteiger partial charge in [-0.2, -0.15) is 0 Å². The van der Waals surface area contributed by atoms with E-state index in [0.29, 0.717) is 60.5 Å². The highest BCUT2D eigenvalue weighted by atomic mass is 35.5. The van der Waals surface area contributed by atoms with Gasteiger partial charge in [0.2, 0.25) is 0 Å². The molecule has 0 saturated carbocycles. The number of cyclic esters (lactones) is 1. The Kier molecular flexibility index (Phi) is 6.72. The fraction of sp³-hybridized carbons (Fsp3) is 0.391. The van der Waals surface area contributed by atoms with Gasteiger partial charge in [0.25, 0.3) is 0 Å². The van der Waals surface area contributed by atoms with E-state index in [9.17, 15) is 14.0 Å². The Morgan fingerprint density at radius 3 is 3.00 bits per heavy atom. The number of piperazine rings is 1. The molecule has 0 aliphatic carbocycles. The molecule has 2 atom stereocenters. The maximum absolute atomic E-state index is 13.8. The van der Waals surface area contributed by atoms with Crippen LogP contribution in [0.5, 0.6) is 0 Å². The molecule has 9 nitrogen and oxygen atoms in total. The van der Waals surface area contributed by atoms with E-state index >= 15 is 0 Å². The lowest BCUT2D eigenvalue weighted by atomic mass is 9.95. The number of halogens is 2. The summed E-state index contributed by atoms with van der Waals surface area (Å²) in [6.07, 6.45) is 2.14. The number of carbonyl (C=O) groups is 2. The molecular weight excluding hydrogens is 497 g/mol. The number of fused-ring (bicyclic) bond motifs is 1. The van der Waals surface area contributed by atoms with Crippen LogP contribution < -0.4 is 5.32 Å². The largest absolute Gasteiger partial charge is 0.466 e. The number of nitrogens with one attached hydrogen (secondary N) is 1. The number of esters is 1. The monoisotopic (exact) mass is 519 g/mol. The van der Waals surface area contributed by atoms with Gasteiger partial charge in [-0.25, -0.2) is 19.0 Å². The van der Waals surface area contributed by atoms with E-state index in [1.165, 1.54) is 36.6 Å². The molecule has 1 aromatic heterocycles. The molecule has 2 fully saturated rings. The Labute approximate surface area is 210 Å². The number of hydrogen-bond acceptors (Lipinski definition) is 9. The summed E-state index contributed by atoms with van der Waals surface area (Å²) in [5, 5.41) is 5.93. The van der Waals surface area contributed by atoms with Crippen molar-refractivity contribution >= 4 is 40.8 Å². The molecule has 2 aromatic rings. The highest BCUT2D eigenvalue weighted by Crippen LogP contribution is 2.37. The first-order valence-corrected chi connectivity index (χ1v) is 12.4. The Morgan fingerprint density at radius 2 is 2.26 bits per heavy atom. The maximum Gasteiger partial charge on any atom is 0.410 e. The zero-order chi connectivity index (χ0) is 24.5. The molecule has 1 N–H and O–H groups in total. The number of carbonyl (C=O) groups excluding carboxylic acids is 2. The molecule has 0 radical (unpaired) electrons. The van der Waals surface area contributed by atoms with E-state index in [1.807, 2.05) is 5.38 Å². The number of hydrogen-bond donors (Lipinski definition) is 1. The Bertz CT molecular complexity index is 1200. The molecule has 12 heteroatoms. The van der Waals surface area contributed by atoms with Crippen molar-refractivity contribution < 1.29 is 23.5 Å². The van der Waals surface area contributed by atoms with Gasteiger partial charge in [0, 0.05) is 60.5 Å². The molecule has 2 saturated heterocycles. The molecule has 4 heterocycles. The summed E-state index contributed by atoms with van der Waals surface area (Å²) in [4.78, 5) is 38.2. The normalized spacial score (nSPS) is 22.8. The van der Waals surface area contributed by atoms with Crippen LogP contribution in [0.1, 0.15) is 23.0 Å². The Balaban J connectivity index is 1.52. The van der Waals surface area contributed by atoms with Gasteiger partial charge in [-0.1, -0.05) is 17.7 Å². The molecule has 0 spiro atoms. The predicted molar refractivity (Wildman–Crippen MR) is 128 cm³/mol. The standard InChI is InChI=1S/C23H23ClFN5O4S/c1-33-22(31)18-17(12-29-6-7-30-14(11-29)4-8-34-23(30)32)27-20(21-26-5-9-35-21)28-19(18)15-3-2-13(25)10-16(15)24/h2-3,5,9-10,14,19H,4,6-8,11-12H2,1H3,(H,27,28)/t14?,19-/m0/s1. The quantitative estimate of drug-likeness (QED) is 0.607. The third kappa shape index (κ3) is 4.75. The summed E-state index contributed by atoms with van der Waals surface area (Å²) in [7, 11) is 1.31. The van der Waals surface area contributed by atoms with Crippen LogP contribution in [0.15, 0.2) is 46.0 Å². The van der Waals surface area contributed by atoms with E-state index in [2.05, 4.69) is 15.2 Å². The smallest absolute Gasteiger partial charge is 0.410 e. The van der Waals surface area contributed by atoms with Crippen molar-refractivity contribution in [3.05, 3.63) is 62.5 Å². The van der Waals surface area contributed by atoms with Crippen molar-refractivity contribution in [1.29, 1.82) is 0 Å². The molecule has 1 unspecified atom stereocenters. The first-order valence-electron chi connectivity index (χ1n) is 11.1. The molecule has 1 aromatic carbocycles. The molecule has 0 bridgehead atoms. The van der Waals surface area contributed by atoms with Crippen LogP contribution in [-0.4, -0.2) is 78.6 Å². The molecular formula is C23H23ClFN5O4S. The zero-order valence-corrected chi connectivity index (χ0v) is 20.4. The highest BCUT2D eigenvalue weighted by Gasteiger charge is 2.38. The SMILES string of the molecule is COC(=O)C1=C(CN2CCN3C(=O)OCCC3C2)NC(c2nccs2)=N[C@H]1c1ccc(F)cc1Cl. The van der Waals surface area contributed by atoms with Crippen LogP contribution in [0.2, 0.25) is 5.02 Å². The van der Waals surface area contributed by atoms with E-state index in [-0.39, 0.29) is 17.2 Å². The van der Waals surface area contributed by atoms with Crippen LogP contribution in [-0.2, 0) is 14.3 Å². The van der Waals surface area contributed by atoms with Crippen molar-refractivity contribution in [3.63, 3.8) is 0 Å². The number of methoxy groups -OCH3 is 1. The van der Waals surface area contributed by atoms with Crippen molar-refractivity contribution in [2.45, 2.75) is 18.5 Å². The molecule has 1 amide bonds. The Hall–Kier alpha value is -3.02. The average Bonchev–Trinajstić information content (AvgIpc) is 3.38. The van der Waals surface area contributed by atoms with Gasteiger partial charge in [0.1, 0.15) is 11.9 Å². The van der Waals surface area contributed by atoms with Gasteiger partial charge in [0.15, 0.2) is 10.8 Å². The van der Waals surface area contributed by atoms with Crippen molar-refractivity contribution in [2.24, 2.45) is 4.99 Å². The molecule has 3 aliphatic heterocycles. The first kappa shape index (κ1) is 23.7. The van der Waals surface area contributed by atoms with Gasteiger partial charge in [-0.15, -0.1) is 11.3 Å². The number of aliphatic imine (C=N–C) groups is 1. The maximum atomic E-state index is 13.8. The van der Waals surface area contributed by atoms with E-state index in [0.717, 1.165) is 6.42 Å². The third-order valence-electron chi connectivity index (χ3n) is 6.28. The second-order valence-electron chi connectivity index (χ2n) is 8.38. The van der Waals surface area contributed by atoms with Crippen molar-refractivity contribution in [1.82, 2.24) is 20.1 Å². The van der Waals surface area contributed by atoms with Gasteiger partial charge in [0.05, 0.1) is 25.3 Å². The van der Waals surface area contributed by atoms with Crippen molar-refractivity contribution in [3.8, 4) is 0 Å². The van der Waals surface area contributed by atoms with Crippen molar-refractivity contribution in [2.75, 3.05) is 39.9 Å². The summed E-state index contributed by atoms with van der Waals surface area (Å²) >= 11 is 7.81. The number of nitrogens with zero attached hydrogens (tertiary/aromatic N) is 4. The number of thiazole rings is 1. The summed E-state index contributed by atoms with van der Waals surface area (Å²) in [6, 6.07) is 3.26. The number of ether oxygens (including phenoxy) is 2. The van der Waals surface area contributed by atoms with E-state index in [4.69, 9.17) is 26.1 Å². The number of benzene rings is 1. The molecule has 184 valence electrons. The van der Waals surface area contributed by atoms with Crippen LogP contribution in [0.25, 0.3) is 0 Å². The van der Waals surface area contributed by atoms with Crippen LogP contribution in [0.3, 0.4) is 0 Å². The second kappa shape index (κ2) is 9.92. The third-order valence-corrected chi connectivity index (χ3v) is 7.39. The summed E-state index contributed by atoms with van der Waals surface area (Å²) < 4.78 is 24.1. The minimum absolute atomic E-state index is 0.0465. The number of amides is 1.